The Labute approximate surface area is 242 Å². The van der Waals surface area contributed by atoms with Gasteiger partial charge in [-0.25, -0.2) is 9.36 Å². The van der Waals surface area contributed by atoms with Crippen LogP contribution < -0.4 is 11.1 Å². The second-order valence-electron chi connectivity index (χ2n) is 10.8. The molecule has 0 amide bonds. The Morgan fingerprint density at radius 2 is 1.07 bits per heavy atom. The van der Waals surface area contributed by atoms with Crippen molar-refractivity contribution in [2.24, 2.45) is 7.05 Å². The highest BCUT2D eigenvalue weighted by Gasteiger charge is 2.26. The number of fused-ring (bicyclic) bond motifs is 3. The van der Waals surface area contributed by atoms with Crippen molar-refractivity contribution in [2.45, 2.75) is 43.5 Å². The molecular formula is C36H35N2O2P. The quantitative estimate of drug-likeness (QED) is 0.205. The lowest BCUT2D eigenvalue weighted by Crippen LogP contribution is -2.39. The molecule has 5 aromatic carbocycles. The summed E-state index contributed by atoms with van der Waals surface area (Å²) >= 11 is 0. The Bertz CT molecular complexity index is 1860. The highest BCUT2D eigenvalue weighted by Crippen LogP contribution is 2.45. The molecule has 0 N–H and O–H groups in total. The zero-order chi connectivity index (χ0) is 28.2. The van der Waals surface area contributed by atoms with Crippen molar-refractivity contribution in [1.82, 2.24) is 9.36 Å². The molecule has 41 heavy (non-hydrogen) atoms. The number of rotatable bonds is 4. The summed E-state index contributed by atoms with van der Waals surface area (Å²) in [4.78, 5) is 26.9. The van der Waals surface area contributed by atoms with Crippen LogP contribution in [0.2, 0.25) is 0 Å². The molecule has 1 aromatic heterocycles. The number of aromatic nitrogens is 2. The predicted octanol–water partition coefficient (Wildman–Crippen LogP) is 8.25. The van der Waals surface area contributed by atoms with E-state index in [0.717, 1.165) is 16.3 Å². The maximum Gasteiger partial charge on any atom is 0.274 e. The number of benzene rings is 5. The van der Waals surface area contributed by atoms with E-state index in [0.29, 0.717) is 25.0 Å². The Kier molecular flexibility index (Phi) is 8.11. The summed E-state index contributed by atoms with van der Waals surface area (Å²) in [5.74, 6) is -0.149. The van der Waals surface area contributed by atoms with Crippen LogP contribution in [0, 0.1) is 0 Å². The van der Waals surface area contributed by atoms with Crippen molar-refractivity contribution in [2.75, 3.05) is 0 Å². The van der Waals surface area contributed by atoms with Gasteiger partial charge in [-0.05, 0) is 57.7 Å². The third-order valence-corrected chi connectivity index (χ3v) is 10.2. The average molecular weight is 559 g/mol. The van der Waals surface area contributed by atoms with Gasteiger partial charge in [0.2, 0.25) is 0 Å². The van der Waals surface area contributed by atoms with E-state index in [1.54, 1.807) is 28.5 Å². The summed E-state index contributed by atoms with van der Waals surface area (Å²) in [5, 5.41) is 5.94. The summed E-state index contributed by atoms with van der Waals surface area (Å²) < 4.78 is 3.28. The van der Waals surface area contributed by atoms with Gasteiger partial charge in [0.05, 0.1) is 16.6 Å². The number of hydrogen-bond acceptors (Lipinski definition) is 2. The maximum atomic E-state index is 13.7. The minimum atomic E-state index is -0.149. The summed E-state index contributed by atoms with van der Waals surface area (Å²) in [6.45, 7) is 0. The summed E-state index contributed by atoms with van der Waals surface area (Å²) in [6, 6.07) is 38.6. The van der Waals surface area contributed by atoms with E-state index >= 15 is 0 Å². The van der Waals surface area contributed by atoms with Gasteiger partial charge in [-0.15, -0.1) is 0 Å². The van der Waals surface area contributed by atoms with Crippen LogP contribution in [-0.4, -0.2) is 15.0 Å². The fourth-order valence-corrected chi connectivity index (χ4v) is 8.14. The monoisotopic (exact) mass is 558 g/mol. The molecule has 1 fully saturated rings. The molecule has 0 bridgehead atoms. The van der Waals surface area contributed by atoms with Crippen molar-refractivity contribution in [3.05, 3.63) is 142 Å². The molecule has 5 heteroatoms. The molecule has 0 aliphatic heterocycles. The molecule has 1 aliphatic carbocycles. The Morgan fingerprint density at radius 3 is 1.68 bits per heavy atom. The fourth-order valence-electron chi connectivity index (χ4n) is 6.08. The first kappa shape index (κ1) is 27.2. The lowest BCUT2D eigenvalue weighted by Gasteiger charge is -2.30. The minimum absolute atomic E-state index is 0.0843. The molecular weight excluding hydrogens is 523 g/mol. The first-order valence-electron chi connectivity index (χ1n) is 14.5. The zero-order valence-corrected chi connectivity index (χ0v) is 24.4. The van der Waals surface area contributed by atoms with E-state index in [2.05, 4.69) is 84.9 Å². The molecule has 1 unspecified atom stereocenters. The molecule has 1 heterocycles. The van der Waals surface area contributed by atoms with Gasteiger partial charge in [0.25, 0.3) is 11.1 Å². The average Bonchev–Trinajstić information content (AvgIpc) is 3.04. The van der Waals surface area contributed by atoms with E-state index in [1.165, 1.54) is 42.9 Å². The third kappa shape index (κ3) is 5.62. The Hall–Kier alpha value is -4.01. The molecule has 0 radical (unpaired) electrons. The number of nitrogens with zero attached hydrogens (tertiary/aromatic N) is 2. The molecule has 4 nitrogen and oxygen atoms in total. The fraction of sp³-hybridized carbons (Fsp3) is 0.222. The van der Waals surface area contributed by atoms with Crippen molar-refractivity contribution in [3.63, 3.8) is 0 Å². The minimum Gasteiger partial charge on any atom is -0.267 e. The number of hydrogen-bond donors (Lipinski definition) is 0. The van der Waals surface area contributed by atoms with Crippen LogP contribution >= 0.6 is 8.58 Å². The van der Waals surface area contributed by atoms with E-state index in [4.69, 9.17) is 0 Å². The normalized spacial score (nSPS) is 14.9. The highest BCUT2D eigenvalue weighted by atomic mass is 31.1. The summed E-state index contributed by atoms with van der Waals surface area (Å²) in [5.41, 5.74) is 1.52. The molecule has 0 saturated heterocycles. The van der Waals surface area contributed by atoms with Crippen LogP contribution in [0.3, 0.4) is 0 Å². The largest absolute Gasteiger partial charge is 0.274 e. The summed E-state index contributed by atoms with van der Waals surface area (Å²) in [6.07, 6.45) is 6.22. The van der Waals surface area contributed by atoms with Crippen molar-refractivity contribution in [3.8, 4) is 0 Å². The second kappa shape index (κ2) is 12.2. The van der Waals surface area contributed by atoms with E-state index in [-0.39, 0.29) is 16.9 Å². The van der Waals surface area contributed by atoms with Crippen LogP contribution in [0.25, 0.3) is 32.3 Å². The predicted molar refractivity (Wildman–Crippen MR) is 175 cm³/mol. The Balaban J connectivity index is 0.000000253. The molecule has 0 spiro atoms. The second-order valence-corrected chi connectivity index (χ2v) is 12.5. The van der Waals surface area contributed by atoms with Crippen LogP contribution in [0.15, 0.2) is 125 Å². The van der Waals surface area contributed by atoms with Gasteiger partial charge >= 0.3 is 0 Å². The smallest absolute Gasteiger partial charge is 0.267 e. The van der Waals surface area contributed by atoms with Crippen LogP contribution in [0.1, 0.15) is 43.5 Å². The van der Waals surface area contributed by atoms with Crippen molar-refractivity contribution < 1.29 is 0 Å². The third-order valence-electron chi connectivity index (χ3n) is 8.23. The van der Waals surface area contributed by atoms with Crippen LogP contribution in [0.4, 0.5) is 0 Å². The highest BCUT2D eigenvalue weighted by molar-refractivity contribution is 7.39. The molecule has 1 aliphatic rings. The van der Waals surface area contributed by atoms with Gasteiger partial charge in [-0.3, -0.25) is 9.59 Å². The van der Waals surface area contributed by atoms with E-state index in [9.17, 15) is 9.59 Å². The molecule has 7 rings (SSSR count). The summed E-state index contributed by atoms with van der Waals surface area (Å²) in [7, 11) is 2.29. The maximum absolute atomic E-state index is 13.7. The van der Waals surface area contributed by atoms with Crippen LogP contribution in [0.5, 0.6) is 0 Å². The Morgan fingerprint density at radius 1 is 0.585 bits per heavy atom. The topological polar surface area (TPSA) is 44.0 Å². The van der Waals surface area contributed by atoms with Crippen LogP contribution in [-0.2, 0) is 7.05 Å². The first-order valence-corrected chi connectivity index (χ1v) is 15.7. The van der Waals surface area contributed by atoms with E-state index in [1.807, 2.05) is 18.2 Å². The van der Waals surface area contributed by atoms with Crippen molar-refractivity contribution >= 4 is 40.9 Å². The SMILES string of the molecule is Cn1c(=O)c2ccccc2c(=O)n1[C@H](PC1CCCCC1)c1cccc2ccccc12.c1ccc2ccccc2c1. The van der Waals surface area contributed by atoms with Gasteiger partial charge in [0, 0.05) is 7.05 Å². The lowest BCUT2D eigenvalue weighted by molar-refractivity contribution is 0.479. The van der Waals surface area contributed by atoms with Gasteiger partial charge in [-0.1, -0.05) is 131 Å². The van der Waals surface area contributed by atoms with Crippen molar-refractivity contribution in [1.29, 1.82) is 0 Å². The van der Waals surface area contributed by atoms with E-state index < -0.39 is 0 Å². The molecule has 2 atom stereocenters. The zero-order valence-electron chi connectivity index (χ0n) is 23.4. The first-order chi connectivity index (χ1) is 20.1. The molecule has 6 aromatic rings. The van der Waals surface area contributed by atoms with Gasteiger partial charge in [0.1, 0.15) is 0 Å². The van der Waals surface area contributed by atoms with Gasteiger partial charge < -0.3 is 0 Å². The van der Waals surface area contributed by atoms with Gasteiger partial charge in [-0.2, -0.15) is 0 Å². The molecule has 206 valence electrons. The lowest BCUT2D eigenvalue weighted by atomic mass is 10.0. The molecule has 1 saturated carbocycles. The van der Waals surface area contributed by atoms with Gasteiger partial charge in [0.15, 0.2) is 0 Å². The standard InChI is InChI=1S/C26H27N2O2P.C10H8/c1-27-24(29)21-15-7-8-16-22(21)25(30)28(27)26(31-19-12-3-2-4-13-19)23-17-9-11-18-10-5-6-14-20(18)23;1-2-6-10-8-4-3-7-9(10)5-1/h5-11,14-17,19,26,31H,2-4,12-13H2,1H3;1-8H/t26-;/m1./s1.